The Kier molecular flexibility index (Phi) is 5.42. The van der Waals surface area contributed by atoms with Crippen LogP contribution in [-0.2, 0) is 6.73 Å². The predicted molar refractivity (Wildman–Crippen MR) is 98.4 cm³/mol. The van der Waals surface area contributed by atoms with Crippen LogP contribution >= 0.6 is 23.2 Å². The summed E-state index contributed by atoms with van der Waals surface area (Å²) < 4.78 is 7.01. The number of nitriles is 1. The molecule has 6 nitrogen and oxygen atoms in total. The van der Waals surface area contributed by atoms with Gasteiger partial charge in [-0.1, -0.05) is 41.4 Å². The van der Waals surface area contributed by atoms with Crippen LogP contribution in [0.2, 0.25) is 10.0 Å². The number of carbonyl (C=O) groups is 1. The van der Waals surface area contributed by atoms with Gasteiger partial charge in [-0.15, -0.1) is 0 Å². The van der Waals surface area contributed by atoms with E-state index >= 15 is 0 Å². The molecule has 0 bridgehead atoms. The van der Waals surface area contributed by atoms with Crippen molar-refractivity contribution in [3.63, 3.8) is 0 Å². The number of anilines is 1. The van der Waals surface area contributed by atoms with E-state index in [1.165, 1.54) is 4.68 Å². The summed E-state index contributed by atoms with van der Waals surface area (Å²) in [5.74, 6) is -0.00384. The average Bonchev–Trinajstić information content (AvgIpc) is 3.12. The molecule has 0 spiro atoms. The Morgan fingerprint density at radius 1 is 1.19 bits per heavy atom. The molecule has 1 heterocycles. The quantitative estimate of drug-likeness (QED) is 0.706. The Balaban J connectivity index is 1.67. The third-order valence-corrected chi connectivity index (χ3v) is 4.24. The summed E-state index contributed by atoms with van der Waals surface area (Å²) in [4.78, 5) is 12.3. The molecular weight excluding hydrogens is 375 g/mol. The van der Waals surface area contributed by atoms with Gasteiger partial charge in [0.1, 0.15) is 16.8 Å². The molecule has 0 aliphatic rings. The molecule has 0 fully saturated rings. The van der Waals surface area contributed by atoms with Crippen LogP contribution in [0.25, 0.3) is 0 Å². The van der Waals surface area contributed by atoms with Crippen molar-refractivity contribution in [2.24, 2.45) is 0 Å². The Morgan fingerprint density at radius 3 is 2.81 bits per heavy atom. The van der Waals surface area contributed by atoms with Crippen LogP contribution in [0.1, 0.15) is 16.1 Å². The summed E-state index contributed by atoms with van der Waals surface area (Å²) >= 11 is 12.0. The zero-order valence-corrected chi connectivity index (χ0v) is 14.8. The van der Waals surface area contributed by atoms with Crippen molar-refractivity contribution in [2.45, 2.75) is 6.73 Å². The SMILES string of the molecule is N#Cc1ccccc1NC(=O)c1ccn(COc2cccc(Cl)c2Cl)n1. The first-order chi connectivity index (χ1) is 12.6. The van der Waals surface area contributed by atoms with E-state index < -0.39 is 5.91 Å². The van der Waals surface area contributed by atoms with Crippen LogP contribution in [0, 0.1) is 11.3 Å². The monoisotopic (exact) mass is 386 g/mol. The van der Waals surface area contributed by atoms with Crippen molar-refractivity contribution < 1.29 is 9.53 Å². The lowest BCUT2D eigenvalue weighted by molar-refractivity contribution is 0.102. The number of nitrogens with zero attached hydrogens (tertiary/aromatic N) is 3. The molecule has 26 heavy (non-hydrogen) atoms. The lowest BCUT2D eigenvalue weighted by Gasteiger charge is -2.08. The second-order valence-corrected chi connectivity index (χ2v) is 5.96. The van der Waals surface area contributed by atoms with Gasteiger partial charge < -0.3 is 10.1 Å². The second-order valence-electron chi connectivity index (χ2n) is 5.18. The maximum absolute atomic E-state index is 12.3. The van der Waals surface area contributed by atoms with E-state index in [2.05, 4.69) is 10.4 Å². The van der Waals surface area contributed by atoms with Gasteiger partial charge in [-0.2, -0.15) is 10.4 Å². The van der Waals surface area contributed by atoms with Gasteiger partial charge in [0.2, 0.25) is 0 Å². The molecule has 130 valence electrons. The van der Waals surface area contributed by atoms with Gasteiger partial charge >= 0.3 is 0 Å². The van der Waals surface area contributed by atoms with Gasteiger partial charge in [0.15, 0.2) is 12.4 Å². The molecule has 0 unspecified atom stereocenters. The maximum Gasteiger partial charge on any atom is 0.276 e. The molecular formula is C18H12Cl2N4O2. The fourth-order valence-electron chi connectivity index (χ4n) is 2.16. The minimum Gasteiger partial charge on any atom is -0.470 e. The van der Waals surface area contributed by atoms with Crippen molar-refractivity contribution in [1.82, 2.24) is 9.78 Å². The fourth-order valence-corrected chi connectivity index (χ4v) is 2.51. The van der Waals surface area contributed by atoms with Crippen molar-refractivity contribution in [3.8, 4) is 11.8 Å². The first-order valence-electron chi connectivity index (χ1n) is 7.49. The van der Waals surface area contributed by atoms with Crippen molar-refractivity contribution in [2.75, 3.05) is 5.32 Å². The van der Waals surface area contributed by atoms with E-state index in [1.807, 2.05) is 6.07 Å². The Labute approximate surface area is 159 Å². The molecule has 0 atom stereocenters. The highest BCUT2D eigenvalue weighted by Gasteiger charge is 2.12. The molecule has 0 aliphatic carbocycles. The summed E-state index contributed by atoms with van der Waals surface area (Å²) in [5.41, 5.74) is 0.995. The number of ether oxygens (including phenoxy) is 1. The summed E-state index contributed by atoms with van der Waals surface area (Å²) in [6.45, 7) is 0.0577. The summed E-state index contributed by atoms with van der Waals surface area (Å²) in [5, 5.41) is 16.6. The number of amides is 1. The number of para-hydroxylation sites is 1. The molecule has 1 aromatic heterocycles. The number of hydrogen-bond acceptors (Lipinski definition) is 4. The highest BCUT2D eigenvalue weighted by molar-refractivity contribution is 6.42. The van der Waals surface area contributed by atoms with E-state index in [0.29, 0.717) is 27.0 Å². The van der Waals surface area contributed by atoms with Crippen LogP contribution in [0.3, 0.4) is 0 Å². The largest absolute Gasteiger partial charge is 0.470 e. The molecule has 2 aromatic carbocycles. The molecule has 8 heteroatoms. The minimum atomic E-state index is -0.424. The standard InChI is InChI=1S/C18H12Cl2N4O2/c19-13-5-3-7-16(17(13)20)26-11-24-9-8-15(23-24)18(25)22-14-6-2-1-4-12(14)10-21/h1-9H,11H2,(H,22,25). The van der Waals surface area contributed by atoms with Crippen molar-refractivity contribution in [1.29, 1.82) is 5.26 Å². The van der Waals surface area contributed by atoms with Crippen molar-refractivity contribution >= 4 is 34.8 Å². The fraction of sp³-hybridized carbons (Fsp3) is 0.0556. The van der Waals surface area contributed by atoms with E-state index in [4.69, 9.17) is 33.2 Å². The van der Waals surface area contributed by atoms with E-state index in [9.17, 15) is 4.79 Å². The molecule has 0 aliphatic heterocycles. The van der Waals surface area contributed by atoms with Crippen LogP contribution in [0.4, 0.5) is 5.69 Å². The maximum atomic E-state index is 12.3. The van der Waals surface area contributed by atoms with Gasteiger partial charge in [-0.25, -0.2) is 4.68 Å². The Hall–Kier alpha value is -3.01. The molecule has 1 N–H and O–H groups in total. The smallest absolute Gasteiger partial charge is 0.276 e. The van der Waals surface area contributed by atoms with Crippen LogP contribution in [0.5, 0.6) is 5.75 Å². The van der Waals surface area contributed by atoms with Crippen LogP contribution in [0.15, 0.2) is 54.7 Å². The lowest BCUT2D eigenvalue weighted by atomic mass is 10.2. The third-order valence-electron chi connectivity index (χ3n) is 3.44. The normalized spacial score (nSPS) is 10.2. The second kappa shape index (κ2) is 7.91. The van der Waals surface area contributed by atoms with E-state index in [1.54, 1.807) is 54.7 Å². The summed E-state index contributed by atoms with van der Waals surface area (Å²) in [6, 6.07) is 15.4. The van der Waals surface area contributed by atoms with Crippen LogP contribution < -0.4 is 10.1 Å². The first kappa shape index (κ1) is 17.8. The van der Waals surface area contributed by atoms with Crippen LogP contribution in [-0.4, -0.2) is 15.7 Å². The third kappa shape index (κ3) is 3.97. The van der Waals surface area contributed by atoms with Gasteiger partial charge in [0.05, 0.1) is 16.3 Å². The summed E-state index contributed by atoms with van der Waals surface area (Å²) in [7, 11) is 0. The zero-order chi connectivity index (χ0) is 18.5. The predicted octanol–water partition coefficient (Wildman–Crippen LogP) is 4.35. The number of carbonyl (C=O) groups excluding carboxylic acids is 1. The highest BCUT2D eigenvalue weighted by Crippen LogP contribution is 2.31. The highest BCUT2D eigenvalue weighted by atomic mass is 35.5. The zero-order valence-electron chi connectivity index (χ0n) is 13.3. The lowest BCUT2D eigenvalue weighted by Crippen LogP contribution is -2.15. The molecule has 0 saturated heterocycles. The Bertz CT molecular complexity index is 995. The molecule has 3 rings (SSSR count). The van der Waals surface area contributed by atoms with Gasteiger partial charge in [0, 0.05) is 6.20 Å². The number of halogens is 2. The number of rotatable bonds is 5. The molecule has 0 saturated carbocycles. The number of benzene rings is 2. The van der Waals surface area contributed by atoms with Gasteiger partial charge in [-0.05, 0) is 30.3 Å². The van der Waals surface area contributed by atoms with E-state index in [0.717, 1.165) is 0 Å². The van der Waals surface area contributed by atoms with Gasteiger partial charge in [0.25, 0.3) is 5.91 Å². The van der Waals surface area contributed by atoms with Gasteiger partial charge in [-0.3, -0.25) is 4.79 Å². The molecule has 0 radical (unpaired) electrons. The first-order valence-corrected chi connectivity index (χ1v) is 8.25. The molecule has 1 amide bonds. The number of hydrogen-bond donors (Lipinski definition) is 1. The number of aromatic nitrogens is 2. The number of nitrogens with one attached hydrogen (secondary N) is 1. The minimum absolute atomic E-state index is 0.0577. The topological polar surface area (TPSA) is 79.9 Å². The Morgan fingerprint density at radius 2 is 2.00 bits per heavy atom. The summed E-state index contributed by atoms with van der Waals surface area (Å²) in [6.07, 6.45) is 1.60. The van der Waals surface area contributed by atoms with Crippen molar-refractivity contribution in [3.05, 3.63) is 76.0 Å². The molecule has 3 aromatic rings. The van der Waals surface area contributed by atoms with E-state index in [-0.39, 0.29) is 12.4 Å². The average molecular weight is 387 g/mol.